The van der Waals surface area contributed by atoms with Gasteiger partial charge in [0.1, 0.15) is 0 Å². The molecule has 1 rings (SSSR count). The number of hydrogen-bond acceptors (Lipinski definition) is 1. The van der Waals surface area contributed by atoms with E-state index in [0.717, 1.165) is 12.3 Å². The first-order valence-corrected chi connectivity index (χ1v) is 4.21. The molecule has 1 heterocycles. The fourth-order valence-electron chi connectivity index (χ4n) is 1.07. The van der Waals surface area contributed by atoms with Crippen molar-refractivity contribution in [2.24, 2.45) is 5.92 Å². The molecule has 0 saturated carbocycles. The minimum absolute atomic E-state index is 0.777. The van der Waals surface area contributed by atoms with Crippen molar-refractivity contribution in [1.29, 1.82) is 0 Å². The van der Waals surface area contributed by atoms with Gasteiger partial charge in [0.25, 0.3) is 0 Å². The van der Waals surface area contributed by atoms with Crippen molar-refractivity contribution in [2.75, 3.05) is 0 Å². The Morgan fingerprint density at radius 3 is 2.91 bits per heavy atom. The third-order valence-corrected chi connectivity index (χ3v) is 2.00. The highest BCUT2D eigenvalue weighted by molar-refractivity contribution is 5.08. The lowest BCUT2D eigenvalue weighted by molar-refractivity contribution is 0.559. The predicted octanol–water partition coefficient (Wildman–Crippen LogP) is 2.67. The molecule has 0 unspecified atom stereocenters. The first-order valence-electron chi connectivity index (χ1n) is 4.21. The van der Waals surface area contributed by atoms with E-state index in [1.165, 1.54) is 12.0 Å². The van der Waals surface area contributed by atoms with E-state index in [9.17, 15) is 0 Å². The molecular weight excluding hydrogens is 134 g/mol. The Kier molecular flexibility index (Phi) is 3.09. The van der Waals surface area contributed by atoms with Crippen molar-refractivity contribution in [1.82, 2.24) is 4.98 Å². The molecule has 1 aromatic heterocycles. The molecule has 0 spiro atoms. The van der Waals surface area contributed by atoms with E-state index in [2.05, 4.69) is 24.9 Å². The number of nitrogens with zero attached hydrogens (tertiary/aromatic N) is 1. The lowest BCUT2D eigenvalue weighted by Gasteiger charge is -2.06. The van der Waals surface area contributed by atoms with Gasteiger partial charge in [0.15, 0.2) is 0 Å². The molecule has 1 aromatic rings. The topological polar surface area (TPSA) is 12.9 Å². The Morgan fingerprint density at radius 1 is 1.55 bits per heavy atom. The average Bonchev–Trinajstić information content (AvgIpc) is 2.06. The van der Waals surface area contributed by atoms with E-state index in [0.29, 0.717) is 0 Å². The van der Waals surface area contributed by atoms with Crippen molar-refractivity contribution in [3.63, 3.8) is 0 Å². The minimum atomic E-state index is 0.777. The molecule has 11 heavy (non-hydrogen) atoms. The summed E-state index contributed by atoms with van der Waals surface area (Å²) < 4.78 is 0. The summed E-state index contributed by atoms with van der Waals surface area (Å²) in [5, 5.41) is 0. The average molecular weight is 149 g/mol. The van der Waals surface area contributed by atoms with E-state index in [4.69, 9.17) is 0 Å². The van der Waals surface area contributed by atoms with Crippen LogP contribution in [0.4, 0.5) is 0 Å². The van der Waals surface area contributed by atoms with Crippen LogP contribution in [-0.4, -0.2) is 4.98 Å². The second-order valence-corrected chi connectivity index (χ2v) is 3.08. The van der Waals surface area contributed by atoms with E-state index >= 15 is 0 Å². The van der Waals surface area contributed by atoms with Gasteiger partial charge in [0.05, 0.1) is 0 Å². The summed E-state index contributed by atoms with van der Waals surface area (Å²) in [5.41, 5.74) is 1.35. The van der Waals surface area contributed by atoms with E-state index in [-0.39, 0.29) is 0 Å². The van der Waals surface area contributed by atoms with Crippen molar-refractivity contribution >= 4 is 0 Å². The van der Waals surface area contributed by atoms with Crippen molar-refractivity contribution in [3.8, 4) is 0 Å². The van der Waals surface area contributed by atoms with Crippen LogP contribution in [0, 0.1) is 5.92 Å². The number of rotatable bonds is 3. The molecule has 0 saturated heterocycles. The lowest BCUT2D eigenvalue weighted by atomic mass is 10.0. The van der Waals surface area contributed by atoms with Crippen molar-refractivity contribution in [2.45, 2.75) is 26.7 Å². The summed E-state index contributed by atoms with van der Waals surface area (Å²) >= 11 is 0. The second kappa shape index (κ2) is 4.12. The van der Waals surface area contributed by atoms with Gasteiger partial charge in [-0.15, -0.1) is 0 Å². The molecule has 0 aliphatic rings. The van der Waals surface area contributed by atoms with Crippen LogP contribution in [0.15, 0.2) is 24.5 Å². The van der Waals surface area contributed by atoms with Gasteiger partial charge in [-0.2, -0.15) is 0 Å². The molecule has 0 bridgehead atoms. The van der Waals surface area contributed by atoms with Crippen LogP contribution in [0.3, 0.4) is 0 Å². The largest absolute Gasteiger partial charge is 0.264 e. The zero-order valence-corrected chi connectivity index (χ0v) is 7.25. The van der Waals surface area contributed by atoms with Crippen LogP contribution in [0.25, 0.3) is 0 Å². The minimum Gasteiger partial charge on any atom is -0.264 e. The van der Waals surface area contributed by atoms with Crippen molar-refractivity contribution < 1.29 is 0 Å². The van der Waals surface area contributed by atoms with Crippen LogP contribution >= 0.6 is 0 Å². The Balaban J connectivity index is 2.51. The van der Waals surface area contributed by atoms with Crippen LogP contribution in [0.1, 0.15) is 25.8 Å². The van der Waals surface area contributed by atoms with Gasteiger partial charge >= 0.3 is 0 Å². The molecule has 0 fully saturated rings. The highest BCUT2D eigenvalue weighted by atomic mass is 14.6. The highest BCUT2D eigenvalue weighted by Gasteiger charge is 1.99. The summed E-state index contributed by atoms with van der Waals surface area (Å²) in [4.78, 5) is 4.07. The molecule has 1 nitrogen and oxygen atoms in total. The Hall–Kier alpha value is -0.850. The fraction of sp³-hybridized carbons (Fsp3) is 0.500. The van der Waals surface area contributed by atoms with Gasteiger partial charge in [0.2, 0.25) is 0 Å². The normalized spacial score (nSPS) is 12.9. The molecule has 1 atom stereocenters. The maximum Gasteiger partial charge on any atom is 0.0299 e. The molecular formula is C10H15N. The van der Waals surface area contributed by atoms with E-state index in [1.54, 1.807) is 0 Å². The van der Waals surface area contributed by atoms with E-state index in [1.807, 2.05) is 18.5 Å². The lowest BCUT2D eigenvalue weighted by Crippen LogP contribution is -1.97. The van der Waals surface area contributed by atoms with Gasteiger partial charge in [0, 0.05) is 12.4 Å². The number of aromatic nitrogens is 1. The number of hydrogen-bond donors (Lipinski definition) is 0. The van der Waals surface area contributed by atoms with Gasteiger partial charge in [-0.25, -0.2) is 0 Å². The monoisotopic (exact) mass is 149 g/mol. The van der Waals surface area contributed by atoms with Gasteiger partial charge in [-0.1, -0.05) is 26.3 Å². The predicted molar refractivity (Wildman–Crippen MR) is 47.4 cm³/mol. The Morgan fingerprint density at radius 2 is 2.36 bits per heavy atom. The van der Waals surface area contributed by atoms with Crippen LogP contribution in [-0.2, 0) is 6.42 Å². The standard InChI is InChI=1S/C10H15N/c1-3-9(2)7-10-5-4-6-11-8-10/h4-6,8-9H,3,7H2,1-2H3/t9-/m1/s1. The molecule has 60 valence electrons. The van der Waals surface area contributed by atoms with Gasteiger partial charge < -0.3 is 0 Å². The summed E-state index contributed by atoms with van der Waals surface area (Å²) in [7, 11) is 0. The maximum atomic E-state index is 4.07. The summed E-state index contributed by atoms with van der Waals surface area (Å²) in [6, 6.07) is 4.14. The van der Waals surface area contributed by atoms with Gasteiger partial charge in [-0.05, 0) is 24.0 Å². The third-order valence-electron chi connectivity index (χ3n) is 2.00. The number of pyridine rings is 1. The van der Waals surface area contributed by atoms with Gasteiger partial charge in [-0.3, -0.25) is 4.98 Å². The highest BCUT2D eigenvalue weighted by Crippen LogP contribution is 2.09. The van der Waals surface area contributed by atoms with E-state index < -0.39 is 0 Å². The van der Waals surface area contributed by atoms with Crippen LogP contribution < -0.4 is 0 Å². The molecule has 0 aliphatic heterocycles. The fourth-order valence-corrected chi connectivity index (χ4v) is 1.07. The molecule has 0 radical (unpaired) electrons. The van der Waals surface area contributed by atoms with Crippen molar-refractivity contribution in [3.05, 3.63) is 30.1 Å². The summed E-state index contributed by atoms with van der Waals surface area (Å²) in [5.74, 6) is 0.777. The summed E-state index contributed by atoms with van der Waals surface area (Å²) in [6.45, 7) is 4.49. The Bertz CT molecular complexity index is 193. The molecule has 0 amide bonds. The maximum absolute atomic E-state index is 4.07. The van der Waals surface area contributed by atoms with Crippen LogP contribution in [0.2, 0.25) is 0 Å². The second-order valence-electron chi connectivity index (χ2n) is 3.08. The zero-order chi connectivity index (χ0) is 8.10. The molecule has 1 heteroatoms. The SMILES string of the molecule is CC[C@@H](C)Cc1cccnc1. The first-order chi connectivity index (χ1) is 5.33. The Labute approximate surface area is 68.5 Å². The zero-order valence-electron chi connectivity index (χ0n) is 7.25. The van der Waals surface area contributed by atoms with Crippen LogP contribution in [0.5, 0.6) is 0 Å². The summed E-state index contributed by atoms with van der Waals surface area (Å²) in [6.07, 6.45) is 6.17. The third kappa shape index (κ3) is 2.71. The quantitative estimate of drug-likeness (QED) is 0.644. The smallest absolute Gasteiger partial charge is 0.0299 e. The molecule has 0 aromatic carbocycles. The molecule has 0 aliphatic carbocycles. The first kappa shape index (κ1) is 8.25. The molecule has 0 N–H and O–H groups in total.